The predicted molar refractivity (Wildman–Crippen MR) is 75.7 cm³/mol. The van der Waals surface area contributed by atoms with Crippen LogP contribution in [-0.4, -0.2) is 23.7 Å². The number of hydrogen-bond donors (Lipinski definition) is 1. The molecule has 1 fully saturated rings. The van der Waals surface area contributed by atoms with Gasteiger partial charge in [0.15, 0.2) is 5.72 Å². The van der Waals surface area contributed by atoms with E-state index in [0.717, 1.165) is 11.3 Å². The molecule has 1 saturated heterocycles. The van der Waals surface area contributed by atoms with E-state index in [1.54, 1.807) is 13.8 Å². The van der Waals surface area contributed by atoms with Crippen molar-refractivity contribution < 1.29 is 19.1 Å². The molecule has 2 heterocycles. The molecule has 2 aliphatic rings. The van der Waals surface area contributed by atoms with Crippen molar-refractivity contribution in [3.63, 3.8) is 0 Å². The minimum atomic E-state index is -0.814. The number of fused-ring (bicyclic) bond motifs is 4. The van der Waals surface area contributed by atoms with Crippen LogP contribution in [0.5, 0.6) is 5.75 Å². The quantitative estimate of drug-likeness (QED) is 0.668. The second kappa shape index (κ2) is 4.76. The molecule has 0 aromatic heterocycles. The molecule has 0 aliphatic carbocycles. The van der Waals surface area contributed by atoms with Gasteiger partial charge in [-0.25, -0.2) is 0 Å². The minimum absolute atomic E-state index is 0.208. The molecule has 21 heavy (non-hydrogen) atoms. The van der Waals surface area contributed by atoms with Crippen LogP contribution in [0.3, 0.4) is 0 Å². The predicted octanol–water partition coefficient (Wildman–Crippen LogP) is 1.97. The van der Waals surface area contributed by atoms with E-state index in [1.807, 2.05) is 31.2 Å². The molecule has 1 N–H and O–H groups in total. The van der Waals surface area contributed by atoms with E-state index in [1.165, 1.54) is 0 Å². The normalized spacial score (nSPS) is 30.2. The van der Waals surface area contributed by atoms with Gasteiger partial charge in [0.25, 0.3) is 0 Å². The van der Waals surface area contributed by atoms with E-state index in [9.17, 15) is 9.59 Å². The van der Waals surface area contributed by atoms with E-state index in [-0.39, 0.29) is 17.9 Å². The van der Waals surface area contributed by atoms with Crippen molar-refractivity contribution in [2.75, 3.05) is 0 Å². The highest BCUT2D eigenvalue weighted by molar-refractivity contribution is 6.00. The van der Waals surface area contributed by atoms with Gasteiger partial charge >= 0.3 is 5.97 Å². The molecule has 1 amide bonds. The van der Waals surface area contributed by atoms with E-state index in [4.69, 9.17) is 9.47 Å². The third kappa shape index (κ3) is 2.37. The molecular weight excluding hydrogens is 270 g/mol. The summed E-state index contributed by atoms with van der Waals surface area (Å²) < 4.78 is 11.1. The molecule has 5 heteroatoms. The van der Waals surface area contributed by atoms with Gasteiger partial charge in [-0.15, -0.1) is 0 Å². The first kappa shape index (κ1) is 13.9. The second-order valence-electron chi connectivity index (χ2n) is 6.13. The molecule has 3 atom stereocenters. The van der Waals surface area contributed by atoms with E-state index in [0.29, 0.717) is 6.42 Å². The Morgan fingerprint density at radius 2 is 2.14 bits per heavy atom. The summed E-state index contributed by atoms with van der Waals surface area (Å²) in [6.07, 6.45) is 0.321. The lowest BCUT2D eigenvalue weighted by Gasteiger charge is -2.46. The van der Waals surface area contributed by atoms with Crippen LogP contribution in [0.1, 0.15) is 38.7 Å². The van der Waals surface area contributed by atoms with Gasteiger partial charge in [-0.1, -0.05) is 18.2 Å². The van der Waals surface area contributed by atoms with Crippen LogP contribution < -0.4 is 10.1 Å². The third-order valence-corrected chi connectivity index (χ3v) is 3.94. The first-order valence-corrected chi connectivity index (χ1v) is 7.20. The number of esters is 1. The highest BCUT2D eigenvalue weighted by Crippen LogP contribution is 2.46. The van der Waals surface area contributed by atoms with E-state index >= 15 is 0 Å². The van der Waals surface area contributed by atoms with Crippen molar-refractivity contribution in [2.45, 2.75) is 44.9 Å². The van der Waals surface area contributed by atoms with Crippen LogP contribution >= 0.6 is 0 Å². The van der Waals surface area contributed by atoms with Crippen LogP contribution in [0, 0.1) is 5.92 Å². The Kier molecular flexibility index (Phi) is 3.15. The van der Waals surface area contributed by atoms with Crippen molar-refractivity contribution in [1.82, 2.24) is 5.32 Å². The van der Waals surface area contributed by atoms with Crippen LogP contribution in [0.4, 0.5) is 0 Å². The summed E-state index contributed by atoms with van der Waals surface area (Å²) in [6, 6.07) is 7.55. The fraction of sp³-hybridized carbons (Fsp3) is 0.500. The van der Waals surface area contributed by atoms with Crippen LogP contribution in [0.2, 0.25) is 0 Å². The molecule has 1 aromatic carbocycles. The third-order valence-electron chi connectivity index (χ3n) is 3.94. The summed E-state index contributed by atoms with van der Waals surface area (Å²) in [5.74, 6) is -1.09. The van der Waals surface area contributed by atoms with E-state index < -0.39 is 17.6 Å². The summed E-state index contributed by atoms with van der Waals surface area (Å²) >= 11 is 0. The maximum absolute atomic E-state index is 12.4. The number of benzene rings is 1. The number of amides is 1. The molecule has 2 aliphatic heterocycles. The van der Waals surface area contributed by atoms with Crippen molar-refractivity contribution >= 4 is 11.9 Å². The van der Waals surface area contributed by atoms with Crippen molar-refractivity contribution in [2.24, 2.45) is 5.92 Å². The highest BCUT2D eigenvalue weighted by atomic mass is 16.5. The van der Waals surface area contributed by atoms with Crippen LogP contribution in [0.25, 0.3) is 0 Å². The Hall–Kier alpha value is -2.04. The fourth-order valence-electron chi connectivity index (χ4n) is 3.17. The molecule has 0 spiro atoms. The SMILES string of the molecule is CC(C)OC(=O)[C@@H]1C(=O)N[C@]2(C)C[C@H]1c1ccccc1O2. The van der Waals surface area contributed by atoms with Gasteiger partial charge in [-0.05, 0) is 32.4 Å². The van der Waals surface area contributed by atoms with Gasteiger partial charge in [-0.2, -0.15) is 0 Å². The Balaban J connectivity index is 2.01. The smallest absolute Gasteiger partial charge is 0.319 e. The molecule has 1 aromatic rings. The monoisotopic (exact) mass is 289 g/mol. The standard InChI is InChI=1S/C16H19NO4/c1-9(2)20-15(19)13-11-8-16(3,17-14(13)18)21-12-7-5-4-6-10(11)12/h4-7,9,11,13H,8H2,1-3H3,(H,17,18)/t11-,13-,16-/m0/s1. The molecular formula is C16H19NO4. The number of carbonyl (C=O) groups excluding carboxylic acids is 2. The van der Waals surface area contributed by atoms with Gasteiger partial charge < -0.3 is 14.8 Å². The number of carbonyl (C=O) groups is 2. The summed E-state index contributed by atoms with van der Waals surface area (Å²) in [5, 5.41) is 2.81. The Morgan fingerprint density at radius 1 is 1.43 bits per heavy atom. The van der Waals surface area contributed by atoms with Gasteiger partial charge in [0.2, 0.25) is 5.91 Å². The Labute approximate surface area is 123 Å². The topological polar surface area (TPSA) is 64.6 Å². The molecule has 2 bridgehead atoms. The average molecular weight is 289 g/mol. The van der Waals surface area contributed by atoms with Crippen LogP contribution in [0.15, 0.2) is 24.3 Å². The number of para-hydroxylation sites is 1. The zero-order valence-electron chi connectivity index (χ0n) is 12.4. The average Bonchev–Trinajstić information content (AvgIpc) is 2.36. The number of hydrogen-bond acceptors (Lipinski definition) is 4. The first-order chi connectivity index (χ1) is 9.89. The Morgan fingerprint density at radius 3 is 2.86 bits per heavy atom. The highest BCUT2D eigenvalue weighted by Gasteiger charge is 2.52. The zero-order valence-corrected chi connectivity index (χ0v) is 12.4. The molecule has 3 rings (SSSR count). The summed E-state index contributed by atoms with van der Waals surface area (Å²) in [6.45, 7) is 5.39. The second-order valence-corrected chi connectivity index (χ2v) is 6.13. The molecule has 5 nitrogen and oxygen atoms in total. The number of rotatable bonds is 2. The minimum Gasteiger partial charge on any atom is -0.468 e. The fourth-order valence-corrected chi connectivity index (χ4v) is 3.17. The maximum atomic E-state index is 12.4. The summed E-state index contributed by atoms with van der Waals surface area (Å²) in [7, 11) is 0. The lowest BCUT2D eigenvalue weighted by molar-refractivity contribution is -0.163. The van der Waals surface area contributed by atoms with Crippen molar-refractivity contribution in [3.05, 3.63) is 29.8 Å². The molecule has 0 saturated carbocycles. The summed E-state index contributed by atoms with van der Waals surface area (Å²) in [4.78, 5) is 24.7. The lowest BCUT2D eigenvalue weighted by Crippen LogP contribution is -2.62. The number of nitrogens with one attached hydrogen (secondary N) is 1. The molecule has 112 valence electrons. The molecule has 0 radical (unpaired) electrons. The largest absolute Gasteiger partial charge is 0.468 e. The van der Waals surface area contributed by atoms with Gasteiger partial charge in [0.1, 0.15) is 11.7 Å². The van der Waals surface area contributed by atoms with Crippen molar-refractivity contribution in [1.29, 1.82) is 0 Å². The van der Waals surface area contributed by atoms with Gasteiger partial charge in [0.05, 0.1) is 6.10 Å². The number of ether oxygens (including phenoxy) is 2. The summed E-state index contributed by atoms with van der Waals surface area (Å²) in [5.41, 5.74) is 0.139. The van der Waals surface area contributed by atoms with Crippen LogP contribution in [-0.2, 0) is 14.3 Å². The Bertz CT molecular complexity index is 598. The zero-order chi connectivity index (χ0) is 15.2. The van der Waals surface area contributed by atoms with Gasteiger partial charge in [-0.3, -0.25) is 9.59 Å². The lowest BCUT2D eigenvalue weighted by atomic mass is 9.75. The maximum Gasteiger partial charge on any atom is 0.319 e. The van der Waals surface area contributed by atoms with Gasteiger partial charge in [0, 0.05) is 12.3 Å². The first-order valence-electron chi connectivity index (χ1n) is 7.20. The van der Waals surface area contributed by atoms with E-state index in [2.05, 4.69) is 5.32 Å². The number of piperidine rings is 1. The molecule has 0 unspecified atom stereocenters. The van der Waals surface area contributed by atoms with Crippen molar-refractivity contribution in [3.8, 4) is 5.75 Å².